The van der Waals surface area contributed by atoms with Gasteiger partial charge in [0.15, 0.2) is 6.10 Å². The highest BCUT2D eigenvalue weighted by Gasteiger charge is 2.19. The molecule has 1 unspecified atom stereocenters. The van der Waals surface area contributed by atoms with Crippen molar-refractivity contribution in [2.24, 2.45) is 5.92 Å². The largest absolute Gasteiger partial charge is 0.479 e. The van der Waals surface area contributed by atoms with Gasteiger partial charge in [0.2, 0.25) is 0 Å². The van der Waals surface area contributed by atoms with Crippen molar-refractivity contribution in [3.05, 3.63) is 35.4 Å². The van der Waals surface area contributed by atoms with Crippen molar-refractivity contribution < 1.29 is 14.6 Å². The van der Waals surface area contributed by atoms with Gasteiger partial charge in [-0.05, 0) is 24.0 Å². The molecule has 0 spiro atoms. The molecule has 1 aromatic carbocycles. The van der Waals surface area contributed by atoms with E-state index in [0.29, 0.717) is 18.9 Å². The molecule has 0 bridgehead atoms. The quantitative estimate of drug-likeness (QED) is 0.826. The summed E-state index contributed by atoms with van der Waals surface area (Å²) in [6.07, 6.45) is -0.326. The van der Waals surface area contributed by atoms with Crippen molar-refractivity contribution in [1.82, 2.24) is 0 Å². The molecule has 3 heteroatoms. The highest BCUT2D eigenvalue weighted by atomic mass is 16.5. The normalized spacial score (nSPS) is 12.7. The summed E-state index contributed by atoms with van der Waals surface area (Å²) < 4.78 is 5.42. The number of benzene rings is 1. The number of aryl methyl sites for hydroxylation is 1. The first kappa shape index (κ1) is 13.7. The molecule has 0 aromatic heterocycles. The molecule has 17 heavy (non-hydrogen) atoms. The lowest BCUT2D eigenvalue weighted by molar-refractivity contribution is -0.150. The zero-order valence-corrected chi connectivity index (χ0v) is 10.6. The van der Waals surface area contributed by atoms with E-state index in [2.05, 4.69) is 0 Å². The maximum absolute atomic E-state index is 11.1. The van der Waals surface area contributed by atoms with Crippen LogP contribution in [0.4, 0.5) is 0 Å². The molecule has 1 rings (SSSR count). The lowest BCUT2D eigenvalue weighted by atomic mass is 10.0. The van der Waals surface area contributed by atoms with E-state index in [4.69, 9.17) is 9.84 Å². The molecule has 0 saturated carbocycles. The smallest absolute Gasteiger partial charge is 0.333 e. The molecular weight excluding hydrogens is 216 g/mol. The number of carboxylic acids is 1. The fraction of sp³-hybridized carbons (Fsp3) is 0.500. The summed E-state index contributed by atoms with van der Waals surface area (Å²) in [4.78, 5) is 11.1. The maximum atomic E-state index is 11.1. The Morgan fingerprint density at radius 3 is 2.53 bits per heavy atom. The van der Waals surface area contributed by atoms with Gasteiger partial charge in [0.25, 0.3) is 0 Å². The van der Waals surface area contributed by atoms with Gasteiger partial charge < -0.3 is 9.84 Å². The first-order valence-corrected chi connectivity index (χ1v) is 5.89. The molecule has 0 heterocycles. The predicted molar refractivity (Wildman–Crippen MR) is 67.1 cm³/mol. The number of carboxylic acid groups (broad SMARTS) is 1. The topological polar surface area (TPSA) is 46.5 Å². The molecule has 3 nitrogen and oxygen atoms in total. The number of rotatable bonds is 6. The van der Waals surface area contributed by atoms with Gasteiger partial charge in [-0.25, -0.2) is 4.79 Å². The molecule has 0 aliphatic carbocycles. The second-order valence-electron chi connectivity index (χ2n) is 4.68. The van der Waals surface area contributed by atoms with E-state index >= 15 is 0 Å². The van der Waals surface area contributed by atoms with Gasteiger partial charge in [-0.1, -0.05) is 38.1 Å². The SMILES string of the molecule is Cc1ccccc1CC(OCC(C)C)C(=O)O. The maximum Gasteiger partial charge on any atom is 0.333 e. The highest BCUT2D eigenvalue weighted by Crippen LogP contribution is 2.12. The molecule has 0 saturated heterocycles. The van der Waals surface area contributed by atoms with Crippen LogP contribution in [0, 0.1) is 12.8 Å². The van der Waals surface area contributed by atoms with E-state index in [1.807, 2.05) is 45.0 Å². The van der Waals surface area contributed by atoms with Crippen molar-refractivity contribution in [1.29, 1.82) is 0 Å². The second-order valence-corrected chi connectivity index (χ2v) is 4.68. The van der Waals surface area contributed by atoms with Crippen LogP contribution in [0.25, 0.3) is 0 Å². The fourth-order valence-electron chi connectivity index (χ4n) is 1.56. The van der Waals surface area contributed by atoms with Gasteiger partial charge in [0, 0.05) is 6.42 Å². The number of hydrogen-bond acceptors (Lipinski definition) is 2. The minimum Gasteiger partial charge on any atom is -0.479 e. The summed E-state index contributed by atoms with van der Waals surface area (Å²) in [6.45, 7) is 6.47. The molecule has 94 valence electrons. The average Bonchev–Trinajstić information content (AvgIpc) is 2.25. The van der Waals surface area contributed by atoms with Crippen LogP contribution in [0.1, 0.15) is 25.0 Å². The minimum absolute atomic E-state index is 0.341. The van der Waals surface area contributed by atoms with E-state index in [9.17, 15) is 4.79 Å². The lowest BCUT2D eigenvalue weighted by Gasteiger charge is -2.16. The average molecular weight is 236 g/mol. The van der Waals surface area contributed by atoms with Gasteiger partial charge in [0.05, 0.1) is 6.61 Å². The Labute approximate surface area is 102 Å². The minimum atomic E-state index is -0.895. The van der Waals surface area contributed by atoms with Crippen LogP contribution >= 0.6 is 0 Å². The first-order chi connectivity index (χ1) is 8.00. The first-order valence-electron chi connectivity index (χ1n) is 5.89. The molecule has 0 aliphatic rings. The predicted octanol–water partition coefficient (Wildman–Crippen LogP) is 2.66. The molecule has 1 aromatic rings. The Kier molecular flexibility index (Phi) is 5.16. The number of carbonyl (C=O) groups is 1. The summed E-state index contributed by atoms with van der Waals surface area (Å²) in [5.74, 6) is -0.553. The van der Waals surface area contributed by atoms with Gasteiger partial charge >= 0.3 is 5.97 Å². The number of ether oxygens (including phenoxy) is 1. The van der Waals surface area contributed by atoms with Crippen LogP contribution in [-0.4, -0.2) is 23.8 Å². The molecule has 0 fully saturated rings. The van der Waals surface area contributed by atoms with E-state index in [1.54, 1.807) is 0 Å². The van der Waals surface area contributed by atoms with Gasteiger partial charge in [0.1, 0.15) is 0 Å². The third-order valence-corrected chi connectivity index (χ3v) is 2.57. The Bertz CT molecular complexity index is 371. The van der Waals surface area contributed by atoms with Crippen molar-refractivity contribution >= 4 is 5.97 Å². The van der Waals surface area contributed by atoms with Crippen LogP contribution < -0.4 is 0 Å². The summed E-state index contributed by atoms with van der Waals surface area (Å²) in [5, 5.41) is 9.11. The van der Waals surface area contributed by atoms with Crippen molar-refractivity contribution in [3.63, 3.8) is 0 Å². The van der Waals surface area contributed by atoms with Crippen LogP contribution in [0.3, 0.4) is 0 Å². The van der Waals surface area contributed by atoms with Gasteiger partial charge in [-0.3, -0.25) is 0 Å². The summed E-state index contributed by atoms with van der Waals surface area (Å²) in [5.41, 5.74) is 2.13. The van der Waals surface area contributed by atoms with Crippen molar-refractivity contribution in [2.75, 3.05) is 6.61 Å². The summed E-state index contributed by atoms with van der Waals surface area (Å²) in [6, 6.07) is 7.80. The van der Waals surface area contributed by atoms with E-state index in [1.165, 1.54) is 0 Å². The Hall–Kier alpha value is -1.35. The van der Waals surface area contributed by atoms with Crippen LogP contribution in [0.5, 0.6) is 0 Å². The standard InChI is InChI=1S/C14H20O3/c1-10(2)9-17-13(14(15)16)8-12-7-5-4-6-11(12)3/h4-7,10,13H,8-9H2,1-3H3,(H,15,16). The van der Waals surface area contributed by atoms with E-state index in [0.717, 1.165) is 11.1 Å². The molecule has 0 aliphatic heterocycles. The third-order valence-electron chi connectivity index (χ3n) is 2.57. The Morgan fingerprint density at radius 2 is 2.00 bits per heavy atom. The molecule has 0 radical (unpaired) electrons. The van der Waals surface area contributed by atoms with E-state index in [-0.39, 0.29) is 0 Å². The zero-order valence-electron chi connectivity index (χ0n) is 10.6. The van der Waals surface area contributed by atoms with Gasteiger partial charge in [-0.2, -0.15) is 0 Å². The van der Waals surface area contributed by atoms with Crippen molar-refractivity contribution in [2.45, 2.75) is 33.3 Å². The zero-order chi connectivity index (χ0) is 12.8. The highest BCUT2D eigenvalue weighted by molar-refractivity contribution is 5.72. The van der Waals surface area contributed by atoms with Crippen molar-refractivity contribution in [3.8, 4) is 0 Å². The molecule has 1 N–H and O–H groups in total. The second kappa shape index (κ2) is 6.40. The van der Waals surface area contributed by atoms with E-state index < -0.39 is 12.1 Å². The fourth-order valence-corrected chi connectivity index (χ4v) is 1.56. The van der Waals surface area contributed by atoms with Crippen LogP contribution in [-0.2, 0) is 16.0 Å². The number of hydrogen-bond donors (Lipinski definition) is 1. The summed E-state index contributed by atoms with van der Waals surface area (Å²) >= 11 is 0. The summed E-state index contributed by atoms with van der Waals surface area (Å²) in [7, 11) is 0. The Balaban J connectivity index is 2.67. The lowest BCUT2D eigenvalue weighted by Crippen LogP contribution is -2.28. The molecular formula is C14H20O3. The molecule has 0 amide bonds. The van der Waals surface area contributed by atoms with Gasteiger partial charge in [-0.15, -0.1) is 0 Å². The third kappa shape index (κ3) is 4.57. The number of aliphatic carboxylic acids is 1. The molecule has 1 atom stereocenters. The Morgan fingerprint density at radius 1 is 1.35 bits per heavy atom. The van der Waals surface area contributed by atoms with Crippen LogP contribution in [0.15, 0.2) is 24.3 Å². The van der Waals surface area contributed by atoms with Crippen LogP contribution in [0.2, 0.25) is 0 Å². The monoisotopic (exact) mass is 236 g/mol.